The minimum Gasteiger partial charge on any atom is -0.376 e. The molecule has 6 heteroatoms. The molecule has 122 valence electrons. The van der Waals surface area contributed by atoms with Gasteiger partial charge in [0.25, 0.3) is 0 Å². The van der Waals surface area contributed by atoms with Crippen LogP contribution in [0.5, 0.6) is 0 Å². The number of hydrogen-bond donors (Lipinski definition) is 1. The third-order valence-electron chi connectivity index (χ3n) is 3.71. The van der Waals surface area contributed by atoms with Gasteiger partial charge < -0.3 is 19.9 Å². The molecule has 0 saturated carbocycles. The predicted molar refractivity (Wildman–Crippen MR) is 85.6 cm³/mol. The molecule has 1 saturated heterocycles. The smallest absolute Gasteiger partial charge is 0.317 e. The van der Waals surface area contributed by atoms with Crippen LogP contribution in [0, 0.1) is 0 Å². The summed E-state index contributed by atoms with van der Waals surface area (Å²) in [4.78, 5) is 20.4. The highest BCUT2D eigenvalue weighted by Gasteiger charge is 2.19. The number of aromatic nitrogens is 1. The van der Waals surface area contributed by atoms with E-state index in [4.69, 9.17) is 4.74 Å². The van der Waals surface area contributed by atoms with Crippen LogP contribution in [0.3, 0.4) is 0 Å². The summed E-state index contributed by atoms with van der Waals surface area (Å²) in [7, 11) is 4.01. The molecule has 1 aromatic heterocycles. The second-order valence-corrected chi connectivity index (χ2v) is 5.91. The van der Waals surface area contributed by atoms with Crippen LogP contribution >= 0.6 is 0 Å². The first kappa shape index (κ1) is 16.7. The lowest BCUT2D eigenvalue weighted by atomic mass is 10.2. The van der Waals surface area contributed by atoms with Crippen molar-refractivity contribution in [1.82, 2.24) is 20.1 Å². The number of nitrogens with one attached hydrogen (secondary N) is 1. The molecule has 0 radical (unpaired) electrons. The Kier molecular flexibility index (Phi) is 6.61. The molecule has 1 N–H and O–H groups in total. The van der Waals surface area contributed by atoms with Crippen LogP contribution in [0.2, 0.25) is 0 Å². The van der Waals surface area contributed by atoms with Gasteiger partial charge in [-0.25, -0.2) is 4.79 Å². The molecule has 1 aliphatic heterocycles. The minimum atomic E-state index is -0.0406. The number of amides is 2. The van der Waals surface area contributed by atoms with E-state index in [1.807, 2.05) is 31.1 Å². The zero-order valence-electron chi connectivity index (χ0n) is 13.5. The second-order valence-electron chi connectivity index (χ2n) is 5.91. The van der Waals surface area contributed by atoms with Crippen molar-refractivity contribution in [2.75, 3.05) is 40.3 Å². The van der Waals surface area contributed by atoms with Gasteiger partial charge in [0.15, 0.2) is 0 Å². The zero-order chi connectivity index (χ0) is 15.8. The molecule has 22 heavy (non-hydrogen) atoms. The standard InChI is InChI=1S/C16H26N4O2/c1-19(2)8-9-20(13-14-5-3-7-17-11-14)16(21)18-12-15-6-4-10-22-15/h3,5,7,11,15H,4,6,8-10,12-13H2,1-2H3,(H,18,21). The van der Waals surface area contributed by atoms with Crippen molar-refractivity contribution in [3.63, 3.8) is 0 Å². The summed E-state index contributed by atoms with van der Waals surface area (Å²) in [5.74, 6) is 0. The molecule has 2 amide bonds. The number of hydrogen-bond acceptors (Lipinski definition) is 4. The van der Waals surface area contributed by atoms with Crippen LogP contribution < -0.4 is 5.32 Å². The van der Waals surface area contributed by atoms with Gasteiger partial charge in [-0.3, -0.25) is 4.98 Å². The second kappa shape index (κ2) is 8.70. The monoisotopic (exact) mass is 306 g/mol. The van der Waals surface area contributed by atoms with Crippen molar-refractivity contribution >= 4 is 6.03 Å². The van der Waals surface area contributed by atoms with Crippen LogP contribution in [0.15, 0.2) is 24.5 Å². The van der Waals surface area contributed by atoms with Gasteiger partial charge in [-0.2, -0.15) is 0 Å². The van der Waals surface area contributed by atoms with E-state index >= 15 is 0 Å². The molecule has 0 aliphatic carbocycles. The lowest BCUT2D eigenvalue weighted by molar-refractivity contribution is 0.108. The molecular formula is C16H26N4O2. The average Bonchev–Trinajstić information content (AvgIpc) is 3.03. The first-order chi connectivity index (χ1) is 10.6. The van der Waals surface area contributed by atoms with E-state index in [0.717, 1.165) is 31.6 Å². The normalized spacial score (nSPS) is 17.7. The number of carbonyl (C=O) groups excluding carboxylic acids is 1. The van der Waals surface area contributed by atoms with Crippen LogP contribution in [0.4, 0.5) is 4.79 Å². The quantitative estimate of drug-likeness (QED) is 0.826. The molecule has 2 heterocycles. The Balaban J connectivity index is 1.88. The van der Waals surface area contributed by atoms with E-state index in [-0.39, 0.29) is 12.1 Å². The minimum absolute atomic E-state index is 0.0406. The fourth-order valence-electron chi connectivity index (χ4n) is 2.40. The van der Waals surface area contributed by atoms with Crippen LogP contribution in [-0.2, 0) is 11.3 Å². The molecule has 0 aromatic carbocycles. The average molecular weight is 306 g/mol. The number of carbonyl (C=O) groups is 1. The number of nitrogens with zero attached hydrogens (tertiary/aromatic N) is 3. The Labute approximate surface area is 132 Å². The summed E-state index contributed by atoms with van der Waals surface area (Å²) < 4.78 is 5.55. The van der Waals surface area contributed by atoms with Gasteiger partial charge in [0.05, 0.1) is 6.10 Å². The fraction of sp³-hybridized carbons (Fsp3) is 0.625. The van der Waals surface area contributed by atoms with E-state index in [9.17, 15) is 4.79 Å². The van der Waals surface area contributed by atoms with E-state index in [1.165, 1.54) is 0 Å². The van der Waals surface area contributed by atoms with Gasteiger partial charge >= 0.3 is 6.03 Å². The molecule has 2 rings (SSSR count). The Morgan fingerprint density at radius 2 is 2.32 bits per heavy atom. The Morgan fingerprint density at radius 1 is 1.45 bits per heavy atom. The summed E-state index contributed by atoms with van der Waals surface area (Å²) in [5.41, 5.74) is 1.04. The van der Waals surface area contributed by atoms with Crippen LogP contribution in [0.1, 0.15) is 18.4 Å². The van der Waals surface area contributed by atoms with Crippen molar-refractivity contribution in [3.05, 3.63) is 30.1 Å². The highest BCUT2D eigenvalue weighted by atomic mass is 16.5. The summed E-state index contributed by atoms with van der Waals surface area (Å²) in [6, 6.07) is 3.84. The van der Waals surface area contributed by atoms with E-state index < -0.39 is 0 Å². The molecule has 1 unspecified atom stereocenters. The maximum Gasteiger partial charge on any atom is 0.317 e. The van der Waals surface area contributed by atoms with Crippen molar-refractivity contribution in [1.29, 1.82) is 0 Å². The molecule has 1 aliphatic rings. The summed E-state index contributed by atoms with van der Waals surface area (Å²) in [6.45, 7) is 3.47. The summed E-state index contributed by atoms with van der Waals surface area (Å²) in [6.07, 6.45) is 5.82. The van der Waals surface area contributed by atoms with Crippen molar-refractivity contribution in [2.45, 2.75) is 25.5 Å². The number of rotatable bonds is 7. The molecule has 0 bridgehead atoms. The molecule has 0 spiro atoms. The first-order valence-electron chi connectivity index (χ1n) is 7.83. The SMILES string of the molecule is CN(C)CCN(Cc1cccnc1)C(=O)NCC1CCCO1. The van der Waals surface area contributed by atoms with E-state index in [2.05, 4.69) is 15.2 Å². The van der Waals surface area contributed by atoms with Crippen molar-refractivity contribution < 1.29 is 9.53 Å². The van der Waals surface area contributed by atoms with E-state index in [1.54, 1.807) is 12.4 Å². The number of ether oxygens (including phenoxy) is 1. The maximum atomic E-state index is 12.4. The topological polar surface area (TPSA) is 57.7 Å². The van der Waals surface area contributed by atoms with Gasteiger partial charge in [0.2, 0.25) is 0 Å². The Hall–Kier alpha value is -1.66. The Bertz CT molecular complexity index is 447. The van der Waals surface area contributed by atoms with Crippen molar-refractivity contribution in [2.24, 2.45) is 0 Å². The van der Waals surface area contributed by atoms with E-state index in [0.29, 0.717) is 19.6 Å². The number of pyridine rings is 1. The molecular weight excluding hydrogens is 280 g/mol. The van der Waals surface area contributed by atoms with Gasteiger partial charge in [0.1, 0.15) is 0 Å². The van der Waals surface area contributed by atoms with Gasteiger partial charge in [0, 0.05) is 45.2 Å². The fourth-order valence-corrected chi connectivity index (χ4v) is 2.40. The predicted octanol–water partition coefficient (Wildman–Crippen LogP) is 1.33. The number of urea groups is 1. The molecule has 6 nitrogen and oxygen atoms in total. The summed E-state index contributed by atoms with van der Waals surface area (Å²) in [5, 5.41) is 2.99. The van der Waals surface area contributed by atoms with Gasteiger partial charge in [-0.1, -0.05) is 6.07 Å². The maximum absolute atomic E-state index is 12.4. The summed E-state index contributed by atoms with van der Waals surface area (Å²) >= 11 is 0. The molecule has 1 atom stereocenters. The highest BCUT2D eigenvalue weighted by molar-refractivity contribution is 5.74. The van der Waals surface area contributed by atoms with Gasteiger partial charge in [-0.15, -0.1) is 0 Å². The third-order valence-corrected chi connectivity index (χ3v) is 3.71. The van der Waals surface area contributed by atoms with Gasteiger partial charge in [-0.05, 0) is 38.6 Å². The lowest BCUT2D eigenvalue weighted by Crippen LogP contribution is -2.44. The van der Waals surface area contributed by atoms with Crippen molar-refractivity contribution in [3.8, 4) is 0 Å². The first-order valence-corrected chi connectivity index (χ1v) is 7.83. The highest BCUT2D eigenvalue weighted by Crippen LogP contribution is 2.11. The lowest BCUT2D eigenvalue weighted by Gasteiger charge is -2.25. The molecule has 1 fully saturated rings. The zero-order valence-corrected chi connectivity index (χ0v) is 13.5. The largest absolute Gasteiger partial charge is 0.376 e. The van der Waals surface area contributed by atoms with Crippen LogP contribution in [0.25, 0.3) is 0 Å². The molecule has 1 aromatic rings. The number of likely N-dealkylation sites (N-methyl/N-ethyl adjacent to an activating group) is 1. The van der Waals surface area contributed by atoms with Crippen LogP contribution in [-0.4, -0.2) is 67.3 Å². The Morgan fingerprint density at radius 3 is 2.95 bits per heavy atom. The third kappa shape index (κ3) is 5.61.